The molecule has 0 spiro atoms. The number of nitrogens with zero attached hydrogens (tertiary/aromatic N) is 2. The van der Waals surface area contributed by atoms with Gasteiger partial charge in [0.25, 0.3) is 0 Å². The standard InChI is InChI=1S/C17H27N3/c1-17(8-2-3-9-17)14-19-15-6-12-20(13-7-15)16-4-10-18-11-5-16/h4-5,10-11,15,19H,2-3,6-9,12-14H2,1H3. The summed E-state index contributed by atoms with van der Waals surface area (Å²) >= 11 is 0. The van der Waals surface area contributed by atoms with Crippen LogP contribution in [0.1, 0.15) is 45.4 Å². The summed E-state index contributed by atoms with van der Waals surface area (Å²) in [5, 5.41) is 3.84. The zero-order chi connectivity index (χ0) is 13.8. The second kappa shape index (κ2) is 6.13. The van der Waals surface area contributed by atoms with Crippen LogP contribution in [0.5, 0.6) is 0 Å². The Bertz CT molecular complexity index is 404. The molecule has 1 aliphatic heterocycles. The van der Waals surface area contributed by atoms with Crippen LogP contribution in [-0.2, 0) is 0 Å². The van der Waals surface area contributed by atoms with Gasteiger partial charge in [-0.15, -0.1) is 0 Å². The van der Waals surface area contributed by atoms with E-state index in [2.05, 4.69) is 34.3 Å². The summed E-state index contributed by atoms with van der Waals surface area (Å²) in [6.07, 6.45) is 12.0. The predicted octanol–water partition coefficient (Wildman–Crippen LogP) is 3.22. The normalized spacial score (nSPS) is 23.1. The first-order valence-electron chi connectivity index (χ1n) is 8.14. The SMILES string of the molecule is CC1(CNC2CCN(c3ccncc3)CC2)CCCC1. The number of pyridine rings is 1. The minimum atomic E-state index is 0.572. The molecular formula is C17H27N3. The maximum atomic E-state index is 4.10. The van der Waals surface area contributed by atoms with Crippen molar-refractivity contribution in [1.29, 1.82) is 0 Å². The van der Waals surface area contributed by atoms with E-state index in [1.807, 2.05) is 12.4 Å². The zero-order valence-corrected chi connectivity index (χ0v) is 12.6. The van der Waals surface area contributed by atoms with Crippen molar-refractivity contribution in [1.82, 2.24) is 10.3 Å². The van der Waals surface area contributed by atoms with Crippen LogP contribution in [0.4, 0.5) is 5.69 Å². The topological polar surface area (TPSA) is 28.2 Å². The van der Waals surface area contributed by atoms with E-state index in [4.69, 9.17) is 0 Å². The van der Waals surface area contributed by atoms with Crippen LogP contribution in [0.2, 0.25) is 0 Å². The van der Waals surface area contributed by atoms with Crippen molar-refractivity contribution in [3.05, 3.63) is 24.5 Å². The van der Waals surface area contributed by atoms with Crippen LogP contribution in [0.3, 0.4) is 0 Å². The molecule has 1 aliphatic carbocycles. The largest absolute Gasteiger partial charge is 0.371 e. The van der Waals surface area contributed by atoms with Gasteiger partial charge in [0.1, 0.15) is 0 Å². The third-order valence-electron chi connectivity index (χ3n) is 5.15. The van der Waals surface area contributed by atoms with E-state index in [-0.39, 0.29) is 0 Å². The average Bonchev–Trinajstić information content (AvgIpc) is 2.94. The first-order chi connectivity index (χ1) is 9.75. The minimum Gasteiger partial charge on any atom is -0.371 e. The molecule has 3 nitrogen and oxygen atoms in total. The van der Waals surface area contributed by atoms with E-state index in [0.29, 0.717) is 11.5 Å². The van der Waals surface area contributed by atoms with Crippen molar-refractivity contribution in [2.45, 2.75) is 51.5 Å². The third kappa shape index (κ3) is 3.32. The predicted molar refractivity (Wildman–Crippen MR) is 84.0 cm³/mol. The first kappa shape index (κ1) is 13.9. The molecule has 1 saturated carbocycles. The first-order valence-corrected chi connectivity index (χ1v) is 8.14. The van der Waals surface area contributed by atoms with Crippen LogP contribution >= 0.6 is 0 Å². The molecule has 0 radical (unpaired) electrons. The molecule has 0 amide bonds. The second-order valence-electron chi connectivity index (χ2n) is 6.87. The summed E-state index contributed by atoms with van der Waals surface area (Å²) in [4.78, 5) is 6.58. The highest BCUT2D eigenvalue weighted by molar-refractivity contribution is 5.44. The van der Waals surface area contributed by atoms with Crippen molar-refractivity contribution in [3.63, 3.8) is 0 Å². The van der Waals surface area contributed by atoms with Gasteiger partial charge in [0, 0.05) is 43.8 Å². The maximum absolute atomic E-state index is 4.10. The number of aromatic nitrogens is 1. The Kier molecular flexibility index (Phi) is 4.25. The van der Waals surface area contributed by atoms with E-state index >= 15 is 0 Å². The van der Waals surface area contributed by atoms with Gasteiger partial charge in [-0.2, -0.15) is 0 Å². The summed E-state index contributed by atoms with van der Waals surface area (Å²) in [6, 6.07) is 4.95. The van der Waals surface area contributed by atoms with Gasteiger partial charge in [0.2, 0.25) is 0 Å². The Morgan fingerprint density at radius 1 is 1.20 bits per heavy atom. The van der Waals surface area contributed by atoms with Gasteiger partial charge in [-0.05, 0) is 43.2 Å². The molecule has 2 aliphatic rings. The highest BCUT2D eigenvalue weighted by atomic mass is 15.1. The lowest BCUT2D eigenvalue weighted by Crippen LogP contribution is -2.45. The molecule has 0 unspecified atom stereocenters. The van der Waals surface area contributed by atoms with Gasteiger partial charge < -0.3 is 10.2 Å². The molecular weight excluding hydrogens is 246 g/mol. The number of hydrogen-bond donors (Lipinski definition) is 1. The molecule has 1 aromatic rings. The van der Waals surface area contributed by atoms with Crippen LogP contribution in [0.25, 0.3) is 0 Å². The van der Waals surface area contributed by atoms with E-state index in [1.54, 1.807) is 0 Å². The molecule has 1 N–H and O–H groups in total. The third-order valence-corrected chi connectivity index (χ3v) is 5.15. The molecule has 2 heterocycles. The van der Waals surface area contributed by atoms with Crippen molar-refractivity contribution >= 4 is 5.69 Å². The Morgan fingerprint density at radius 2 is 1.85 bits per heavy atom. The lowest BCUT2D eigenvalue weighted by atomic mass is 9.88. The fourth-order valence-corrected chi connectivity index (χ4v) is 3.69. The summed E-state index contributed by atoms with van der Waals surface area (Å²) < 4.78 is 0. The molecule has 110 valence electrons. The summed E-state index contributed by atoms with van der Waals surface area (Å²) in [5.74, 6) is 0. The number of anilines is 1. The van der Waals surface area contributed by atoms with Crippen molar-refractivity contribution in [2.75, 3.05) is 24.5 Å². The second-order valence-corrected chi connectivity index (χ2v) is 6.87. The van der Waals surface area contributed by atoms with Gasteiger partial charge in [0.05, 0.1) is 0 Å². The monoisotopic (exact) mass is 273 g/mol. The molecule has 1 saturated heterocycles. The molecule has 3 heteroatoms. The van der Waals surface area contributed by atoms with E-state index in [0.717, 1.165) is 0 Å². The van der Waals surface area contributed by atoms with Gasteiger partial charge in [-0.1, -0.05) is 19.8 Å². The Hall–Kier alpha value is -1.09. The molecule has 1 aromatic heterocycles. The summed E-state index contributed by atoms with van der Waals surface area (Å²) in [7, 11) is 0. The molecule has 0 aromatic carbocycles. The highest BCUT2D eigenvalue weighted by Gasteiger charge is 2.29. The lowest BCUT2D eigenvalue weighted by Gasteiger charge is -2.35. The van der Waals surface area contributed by atoms with Crippen LogP contribution in [-0.4, -0.2) is 30.7 Å². The smallest absolute Gasteiger partial charge is 0.0397 e. The Balaban J connectivity index is 1.44. The fraction of sp³-hybridized carbons (Fsp3) is 0.706. The van der Waals surface area contributed by atoms with Gasteiger partial charge in [0.15, 0.2) is 0 Å². The summed E-state index contributed by atoms with van der Waals surface area (Å²) in [5.41, 5.74) is 1.89. The van der Waals surface area contributed by atoms with Crippen molar-refractivity contribution in [2.24, 2.45) is 5.41 Å². The van der Waals surface area contributed by atoms with Crippen LogP contribution < -0.4 is 10.2 Å². The number of nitrogens with one attached hydrogen (secondary N) is 1. The molecule has 3 rings (SSSR count). The Morgan fingerprint density at radius 3 is 2.50 bits per heavy atom. The minimum absolute atomic E-state index is 0.572. The number of rotatable bonds is 4. The van der Waals surface area contributed by atoms with Crippen LogP contribution in [0.15, 0.2) is 24.5 Å². The number of hydrogen-bond acceptors (Lipinski definition) is 3. The van der Waals surface area contributed by atoms with E-state index < -0.39 is 0 Å². The van der Waals surface area contributed by atoms with Gasteiger partial charge in [-0.3, -0.25) is 4.98 Å². The maximum Gasteiger partial charge on any atom is 0.0397 e. The van der Waals surface area contributed by atoms with Gasteiger partial charge in [-0.25, -0.2) is 0 Å². The zero-order valence-electron chi connectivity index (χ0n) is 12.6. The van der Waals surface area contributed by atoms with Crippen LogP contribution in [0, 0.1) is 5.41 Å². The molecule has 20 heavy (non-hydrogen) atoms. The average molecular weight is 273 g/mol. The highest BCUT2D eigenvalue weighted by Crippen LogP contribution is 2.37. The van der Waals surface area contributed by atoms with Crippen molar-refractivity contribution in [3.8, 4) is 0 Å². The van der Waals surface area contributed by atoms with E-state index in [9.17, 15) is 0 Å². The lowest BCUT2D eigenvalue weighted by molar-refractivity contribution is 0.282. The fourth-order valence-electron chi connectivity index (χ4n) is 3.69. The molecule has 0 bridgehead atoms. The summed E-state index contributed by atoms with van der Waals surface area (Å²) in [6.45, 7) is 6.00. The van der Waals surface area contributed by atoms with E-state index in [1.165, 1.54) is 63.8 Å². The van der Waals surface area contributed by atoms with Gasteiger partial charge >= 0.3 is 0 Å². The molecule has 0 atom stereocenters. The molecule has 2 fully saturated rings. The number of piperidine rings is 1. The van der Waals surface area contributed by atoms with Crippen molar-refractivity contribution < 1.29 is 0 Å². The quantitative estimate of drug-likeness (QED) is 0.913. The Labute approximate surface area is 122 Å².